The molecule has 1 nitrogen and oxygen atoms in total. The Morgan fingerprint density at radius 3 is 1.89 bits per heavy atom. The Labute approximate surface area is 95.7 Å². The summed E-state index contributed by atoms with van der Waals surface area (Å²) in [5.74, 6) is 0. The first kappa shape index (κ1) is 6.41. The van der Waals surface area contributed by atoms with Crippen LogP contribution in [0.25, 0.3) is 0 Å². The van der Waals surface area contributed by atoms with Gasteiger partial charge in [0.25, 0.3) is 0 Å². The number of aromatic nitrogens is 1. The fraction of sp³-hybridized carbons (Fsp3) is 0.688. The molecule has 10 fully saturated rings. The fourth-order valence-electron chi connectivity index (χ4n) is 17.6. The molecule has 0 radical (unpaired) electrons. The summed E-state index contributed by atoms with van der Waals surface area (Å²) in [5, 5.41) is 0. The van der Waals surface area contributed by atoms with Gasteiger partial charge in [-0.2, -0.15) is 0 Å². The SMILES string of the molecule is Cc1ccc([C]23[CH]4[CH]5[CH]6[CH]2[Fe]56432789[CH]3[CH]2[CH]7[CH]8[CH]39)nc1. The maximum absolute atomic E-state index is 5.01. The number of hydrogen-bond donors (Lipinski definition) is 0. The molecule has 0 aromatic carbocycles. The standard InChI is InChI=1S/C11H10N.C5H5.Fe/c1-9-6-7-11(12-8-9)10-4-2-3-5-10;1-2-4-5-3-1;/h2-8H,1H3;1-5H;. The molecule has 1 spiro atoms. The van der Waals surface area contributed by atoms with E-state index in [9.17, 15) is 0 Å². The van der Waals surface area contributed by atoms with Crippen molar-refractivity contribution in [1.29, 1.82) is 0 Å². The van der Waals surface area contributed by atoms with E-state index in [1.165, 1.54) is 48.9 Å². The molecule has 1 aromatic rings. The third-order valence-electron chi connectivity index (χ3n) is 16.0. The number of pyridine rings is 1. The first-order valence-corrected chi connectivity index (χ1v) is 14.0. The van der Waals surface area contributed by atoms with Crippen molar-refractivity contribution in [3.05, 3.63) is 29.6 Å². The van der Waals surface area contributed by atoms with Gasteiger partial charge in [0.1, 0.15) is 0 Å². The first-order chi connectivity index (χ1) is 8.54. The fourth-order valence-corrected chi connectivity index (χ4v) is 91.6. The van der Waals surface area contributed by atoms with Crippen LogP contribution in [0.15, 0.2) is 18.3 Å². The van der Waals surface area contributed by atoms with Crippen molar-refractivity contribution in [2.24, 2.45) is 0 Å². The number of fused-ring (bicyclic) bond motifs is 10. The average molecular weight is 277 g/mol. The van der Waals surface area contributed by atoms with Crippen LogP contribution in [-0.4, -0.2) is 4.98 Å². The van der Waals surface area contributed by atoms with Crippen LogP contribution in [0, 0.1) is 6.92 Å². The molecule has 10 aliphatic rings. The van der Waals surface area contributed by atoms with Gasteiger partial charge in [0.05, 0.1) is 0 Å². The monoisotopic (exact) mass is 277 g/mol. The van der Waals surface area contributed by atoms with Crippen LogP contribution in [0.5, 0.6) is 0 Å². The molecule has 10 aliphatic heterocycles. The predicted molar refractivity (Wildman–Crippen MR) is 64.4 cm³/mol. The summed E-state index contributed by atoms with van der Waals surface area (Å²) in [6.07, 6.45) is 2.17. The van der Waals surface area contributed by atoms with Gasteiger partial charge >= 0.3 is 95.7 Å². The molecule has 4 atom stereocenters. The summed E-state index contributed by atoms with van der Waals surface area (Å²) < 4.78 is 0.868. The van der Waals surface area contributed by atoms with Crippen LogP contribution < -0.4 is 0 Å². The van der Waals surface area contributed by atoms with Gasteiger partial charge in [-0.25, -0.2) is 0 Å². The molecule has 92 valence electrons. The second kappa shape index (κ2) is 0.533. The van der Waals surface area contributed by atoms with Crippen molar-refractivity contribution in [2.75, 3.05) is 0 Å². The summed E-state index contributed by atoms with van der Waals surface area (Å²) in [4.78, 5) is 17.7. The van der Waals surface area contributed by atoms with Crippen molar-refractivity contribution in [2.45, 2.75) is 54.6 Å². The number of hydrogen-bond acceptors (Lipinski definition) is 1. The zero-order valence-corrected chi connectivity index (χ0v) is 11.3. The van der Waals surface area contributed by atoms with Crippen molar-refractivity contribution in [3.63, 3.8) is 0 Å². The van der Waals surface area contributed by atoms with E-state index >= 15 is 0 Å². The summed E-state index contributed by atoms with van der Waals surface area (Å²) >= 11 is 0. The minimum absolute atomic E-state index is 0.868. The Morgan fingerprint density at radius 1 is 0.944 bits per heavy atom. The molecule has 0 amide bonds. The molecule has 0 N–H and O–H groups in total. The second-order valence-electron chi connectivity index (χ2n) is 11.4. The van der Waals surface area contributed by atoms with Crippen LogP contribution in [0.3, 0.4) is 0 Å². The van der Waals surface area contributed by atoms with Crippen LogP contribution in [0.2, 0.25) is 43.3 Å². The maximum atomic E-state index is 5.01. The molecule has 0 aliphatic carbocycles. The quantitative estimate of drug-likeness (QED) is 0.701. The molecule has 0 saturated carbocycles. The number of nitrogens with zero attached hydrogens (tertiary/aromatic N) is 1. The van der Waals surface area contributed by atoms with Gasteiger partial charge in [-0.15, -0.1) is 0 Å². The molecular formula is C16H15FeN. The zero-order chi connectivity index (χ0) is 11.0. The third kappa shape index (κ3) is 0.0645. The van der Waals surface area contributed by atoms with Gasteiger partial charge in [-0.3, -0.25) is 0 Å². The Morgan fingerprint density at radius 2 is 1.56 bits per heavy atom. The zero-order valence-electron chi connectivity index (χ0n) is 10.2. The van der Waals surface area contributed by atoms with E-state index in [1.807, 2.05) is 0 Å². The summed E-state index contributed by atoms with van der Waals surface area (Å²) in [6, 6.07) is 4.82. The van der Waals surface area contributed by atoms with E-state index in [-0.39, 0.29) is 0 Å². The molecule has 18 heavy (non-hydrogen) atoms. The third-order valence-corrected chi connectivity index (χ3v) is 58.3. The van der Waals surface area contributed by atoms with E-state index in [0.717, 1.165) is 4.31 Å². The van der Waals surface area contributed by atoms with Crippen LogP contribution >= 0.6 is 0 Å². The Hall–Kier alpha value is -0.331. The van der Waals surface area contributed by atoms with Gasteiger partial charge in [0.2, 0.25) is 0 Å². The molecule has 10 saturated heterocycles. The van der Waals surface area contributed by atoms with E-state index in [2.05, 4.69) is 25.3 Å². The summed E-state index contributed by atoms with van der Waals surface area (Å²) in [6.45, 7) is -0.708. The minimum atomic E-state index is -2.90. The second-order valence-corrected chi connectivity index (χ2v) is 35.0. The van der Waals surface area contributed by atoms with E-state index in [1.54, 1.807) is 5.69 Å². The molecule has 1 aromatic heterocycles. The molecule has 2 heteroatoms. The number of aryl methyl sites for hydroxylation is 1. The van der Waals surface area contributed by atoms with Gasteiger partial charge in [-0.05, 0) is 0 Å². The molecular weight excluding hydrogens is 262 g/mol. The van der Waals surface area contributed by atoms with Crippen molar-refractivity contribution in [3.8, 4) is 0 Å². The van der Waals surface area contributed by atoms with E-state index in [4.69, 9.17) is 4.98 Å². The Bertz CT molecular complexity index is 1070. The van der Waals surface area contributed by atoms with Gasteiger partial charge in [0, 0.05) is 0 Å². The average Bonchev–Trinajstić information content (AvgIpc) is 3.33. The molecule has 11 heterocycles. The predicted octanol–water partition coefficient (Wildman–Crippen LogP) is 4.19. The van der Waals surface area contributed by atoms with Crippen LogP contribution in [-0.2, 0) is 10.8 Å². The summed E-state index contributed by atoms with van der Waals surface area (Å²) in [5.41, 5.74) is 2.99. The van der Waals surface area contributed by atoms with E-state index < -0.39 is 6.51 Å². The van der Waals surface area contributed by atoms with Crippen molar-refractivity contribution < 1.29 is 6.51 Å². The van der Waals surface area contributed by atoms with Crippen LogP contribution in [0.1, 0.15) is 11.3 Å². The molecule has 11 rings (SSSR count). The first-order valence-electron chi connectivity index (χ1n) is 7.69. The normalized spacial score (nSPS) is 113. The molecule has 4 unspecified atom stereocenters. The van der Waals surface area contributed by atoms with Crippen molar-refractivity contribution in [1.82, 2.24) is 4.98 Å². The Kier molecular flexibility index (Phi) is 0.190. The van der Waals surface area contributed by atoms with Crippen LogP contribution in [0.4, 0.5) is 0 Å². The number of rotatable bonds is 1. The van der Waals surface area contributed by atoms with Gasteiger partial charge in [-0.1, -0.05) is 0 Å². The topological polar surface area (TPSA) is 12.9 Å². The summed E-state index contributed by atoms with van der Waals surface area (Å²) in [7, 11) is 0. The van der Waals surface area contributed by atoms with Gasteiger partial charge < -0.3 is 0 Å². The van der Waals surface area contributed by atoms with Crippen molar-refractivity contribution >= 4 is 0 Å². The Balaban J connectivity index is 1.55. The van der Waals surface area contributed by atoms with Gasteiger partial charge in [0.15, 0.2) is 0 Å². The molecule has 0 bridgehead atoms. The van der Waals surface area contributed by atoms with E-state index in [0.29, 0.717) is 0 Å².